The first-order chi connectivity index (χ1) is 8.51. The number of thioether (sulfide) groups is 1. The predicted octanol–water partition coefficient (Wildman–Crippen LogP) is 3.35. The monoisotopic (exact) mass is 334 g/mol. The highest BCUT2D eigenvalue weighted by molar-refractivity contribution is 9.10. The Labute approximate surface area is 121 Å². The standard InChI is InChI=1S/C13H20BrFN2S/c1-9(2)7-18-8-13(17-16)5-10-3-11(14)6-12(15)4-10/h3-4,6,9,13,17H,5,7-8,16H2,1-2H3. The van der Waals surface area contributed by atoms with Crippen molar-refractivity contribution in [1.82, 2.24) is 5.43 Å². The van der Waals surface area contributed by atoms with Crippen molar-refractivity contribution in [3.05, 3.63) is 34.1 Å². The molecule has 5 heteroatoms. The van der Waals surface area contributed by atoms with Gasteiger partial charge < -0.3 is 0 Å². The molecule has 0 aliphatic carbocycles. The lowest BCUT2D eigenvalue weighted by Crippen LogP contribution is -2.38. The van der Waals surface area contributed by atoms with Crippen LogP contribution in [0.15, 0.2) is 22.7 Å². The molecule has 1 rings (SSSR count). The van der Waals surface area contributed by atoms with Crippen LogP contribution >= 0.6 is 27.7 Å². The van der Waals surface area contributed by atoms with Crippen LogP contribution in [0.1, 0.15) is 19.4 Å². The molecule has 1 aromatic carbocycles. The summed E-state index contributed by atoms with van der Waals surface area (Å²) < 4.78 is 14.0. The third-order valence-electron chi connectivity index (χ3n) is 2.41. The van der Waals surface area contributed by atoms with Gasteiger partial charge in [0.25, 0.3) is 0 Å². The van der Waals surface area contributed by atoms with Crippen LogP contribution in [0.25, 0.3) is 0 Å². The zero-order valence-corrected chi connectivity index (χ0v) is 13.2. The van der Waals surface area contributed by atoms with E-state index in [-0.39, 0.29) is 11.9 Å². The largest absolute Gasteiger partial charge is 0.271 e. The Morgan fingerprint density at radius 2 is 2.06 bits per heavy atom. The minimum Gasteiger partial charge on any atom is -0.271 e. The zero-order chi connectivity index (χ0) is 13.5. The number of hydrazine groups is 1. The van der Waals surface area contributed by atoms with Crippen molar-refractivity contribution < 1.29 is 4.39 Å². The minimum atomic E-state index is -0.218. The summed E-state index contributed by atoms with van der Waals surface area (Å²) in [5.41, 5.74) is 3.76. The van der Waals surface area contributed by atoms with Crippen molar-refractivity contribution in [2.45, 2.75) is 26.3 Å². The van der Waals surface area contributed by atoms with Gasteiger partial charge in [-0.1, -0.05) is 29.8 Å². The predicted molar refractivity (Wildman–Crippen MR) is 81.1 cm³/mol. The van der Waals surface area contributed by atoms with Crippen LogP contribution in [0.4, 0.5) is 4.39 Å². The van der Waals surface area contributed by atoms with Gasteiger partial charge in [0.15, 0.2) is 0 Å². The number of rotatable bonds is 7. The smallest absolute Gasteiger partial charge is 0.124 e. The van der Waals surface area contributed by atoms with Gasteiger partial charge in [-0.3, -0.25) is 11.3 Å². The fourth-order valence-corrected chi connectivity index (χ4v) is 3.24. The summed E-state index contributed by atoms with van der Waals surface area (Å²) in [6.45, 7) is 4.39. The summed E-state index contributed by atoms with van der Waals surface area (Å²) in [6, 6.07) is 5.12. The lowest BCUT2D eigenvalue weighted by molar-refractivity contribution is 0.569. The van der Waals surface area contributed by atoms with E-state index in [0.717, 1.165) is 28.0 Å². The highest BCUT2D eigenvalue weighted by Gasteiger charge is 2.10. The van der Waals surface area contributed by atoms with Gasteiger partial charge in [0.2, 0.25) is 0 Å². The highest BCUT2D eigenvalue weighted by atomic mass is 79.9. The maximum absolute atomic E-state index is 13.3. The summed E-state index contributed by atoms with van der Waals surface area (Å²) in [5.74, 6) is 8.05. The summed E-state index contributed by atoms with van der Waals surface area (Å²) in [5, 5.41) is 0. The first-order valence-corrected chi connectivity index (χ1v) is 7.95. The van der Waals surface area contributed by atoms with E-state index in [2.05, 4.69) is 35.2 Å². The quantitative estimate of drug-likeness (QED) is 0.593. The average molecular weight is 335 g/mol. The van der Waals surface area contributed by atoms with E-state index in [1.165, 1.54) is 6.07 Å². The van der Waals surface area contributed by atoms with E-state index in [4.69, 9.17) is 5.84 Å². The number of benzene rings is 1. The molecule has 1 atom stereocenters. The molecule has 102 valence electrons. The molecule has 0 amide bonds. The molecule has 0 saturated heterocycles. The molecule has 3 N–H and O–H groups in total. The molecule has 0 heterocycles. The Hall–Kier alpha value is -0.100. The number of nitrogens with one attached hydrogen (secondary N) is 1. The SMILES string of the molecule is CC(C)CSCC(Cc1cc(F)cc(Br)c1)NN. The zero-order valence-electron chi connectivity index (χ0n) is 10.7. The van der Waals surface area contributed by atoms with Crippen molar-refractivity contribution >= 4 is 27.7 Å². The van der Waals surface area contributed by atoms with Gasteiger partial charge in [0, 0.05) is 16.3 Å². The Balaban J connectivity index is 2.51. The molecule has 1 unspecified atom stereocenters. The van der Waals surface area contributed by atoms with Crippen molar-refractivity contribution in [3.8, 4) is 0 Å². The molecule has 1 aromatic rings. The lowest BCUT2D eigenvalue weighted by Gasteiger charge is -2.16. The van der Waals surface area contributed by atoms with Gasteiger partial charge in [-0.2, -0.15) is 11.8 Å². The second-order valence-corrected chi connectivity index (χ2v) is 6.77. The van der Waals surface area contributed by atoms with Gasteiger partial charge in [-0.25, -0.2) is 4.39 Å². The topological polar surface area (TPSA) is 38.0 Å². The Morgan fingerprint density at radius 3 is 2.61 bits per heavy atom. The van der Waals surface area contributed by atoms with E-state index < -0.39 is 0 Å². The van der Waals surface area contributed by atoms with Crippen molar-refractivity contribution in [3.63, 3.8) is 0 Å². The fourth-order valence-electron chi connectivity index (χ4n) is 1.63. The van der Waals surface area contributed by atoms with Crippen LogP contribution in [0, 0.1) is 11.7 Å². The molecule has 0 aliphatic heterocycles. The van der Waals surface area contributed by atoms with Crippen LogP contribution in [-0.2, 0) is 6.42 Å². The summed E-state index contributed by atoms with van der Waals surface area (Å²) in [7, 11) is 0. The number of hydrogen-bond donors (Lipinski definition) is 2. The molecule has 0 aromatic heterocycles. The summed E-state index contributed by atoms with van der Waals surface area (Å²) >= 11 is 5.17. The van der Waals surface area contributed by atoms with Gasteiger partial charge >= 0.3 is 0 Å². The molecule has 0 saturated carbocycles. The maximum Gasteiger partial charge on any atom is 0.124 e. The lowest BCUT2D eigenvalue weighted by atomic mass is 10.1. The Bertz CT molecular complexity index is 354. The molecule has 0 bridgehead atoms. The van der Waals surface area contributed by atoms with E-state index in [1.807, 2.05) is 17.8 Å². The number of hydrogen-bond acceptors (Lipinski definition) is 3. The van der Waals surface area contributed by atoms with E-state index in [1.54, 1.807) is 6.07 Å². The molecular weight excluding hydrogens is 315 g/mol. The van der Waals surface area contributed by atoms with Crippen LogP contribution in [0.3, 0.4) is 0 Å². The minimum absolute atomic E-state index is 0.169. The third kappa shape index (κ3) is 6.18. The molecule has 18 heavy (non-hydrogen) atoms. The second kappa shape index (κ2) is 8.15. The average Bonchev–Trinajstić information content (AvgIpc) is 2.25. The van der Waals surface area contributed by atoms with E-state index in [9.17, 15) is 4.39 Å². The normalized spacial score (nSPS) is 13.0. The molecular formula is C13H20BrFN2S. The Kier molecular flexibility index (Phi) is 7.22. The van der Waals surface area contributed by atoms with Crippen LogP contribution in [0.2, 0.25) is 0 Å². The van der Waals surface area contributed by atoms with Crippen molar-refractivity contribution in [2.75, 3.05) is 11.5 Å². The molecule has 2 nitrogen and oxygen atoms in total. The number of nitrogens with two attached hydrogens (primary N) is 1. The van der Waals surface area contributed by atoms with Crippen LogP contribution in [-0.4, -0.2) is 17.5 Å². The van der Waals surface area contributed by atoms with Gasteiger partial charge in [0.05, 0.1) is 0 Å². The van der Waals surface area contributed by atoms with E-state index in [0.29, 0.717) is 5.92 Å². The van der Waals surface area contributed by atoms with Gasteiger partial charge in [-0.05, 0) is 41.9 Å². The van der Waals surface area contributed by atoms with Crippen molar-refractivity contribution in [2.24, 2.45) is 11.8 Å². The first-order valence-electron chi connectivity index (χ1n) is 6.00. The molecule has 0 aliphatic rings. The molecule has 0 fully saturated rings. The fraction of sp³-hybridized carbons (Fsp3) is 0.538. The maximum atomic E-state index is 13.3. The summed E-state index contributed by atoms with van der Waals surface area (Å²) in [4.78, 5) is 0. The number of halogens is 2. The first kappa shape index (κ1) is 16.0. The second-order valence-electron chi connectivity index (χ2n) is 4.78. The molecule has 0 spiro atoms. The molecule has 0 radical (unpaired) electrons. The van der Waals surface area contributed by atoms with Gasteiger partial charge in [-0.15, -0.1) is 0 Å². The van der Waals surface area contributed by atoms with E-state index >= 15 is 0 Å². The van der Waals surface area contributed by atoms with Crippen LogP contribution in [0.5, 0.6) is 0 Å². The Morgan fingerprint density at radius 1 is 1.33 bits per heavy atom. The van der Waals surface area contributed by atoms with Crippen molar-refractivity contribution in [1.29, 1.82) is 0 Å². The third-order valence-corrected chi connectivity index (χ3v) is 4.41. The highest BCUT2D eigenvalue weighted by Crippen LogP contribution is 2.17. The van der Waals surface area contributed by atoms with Gasteiger partial charge in [0.1, 0.15) is 5.82 Å². The summed E-state index contributed by atoms with van der Waals surface area (Å²) in [6.07, 6.45) is 0.734. The van der Waals surface area contributed by atoms with Crippen LogP contribution < -0.4 is 11.3 Å².